The number of benzene rings is 1. The third-order valence-electron chi connectivity index (χ3n) is 2.27. The number of ether oxygens (including phenoxy) is 1. The van der Waals surface area contributed by atoms with Gasteiger partial charge in [0.1, 0.15) is 0 Å². The Morgan fingerprint density at radius 3 is 2.14 bits per heavy atom. The van der Waals surface area contributed by atoms with E-state index >= 15 is 0 Å². The zero-order valence-corrected chi connectivity index (χ0v) is 14.2. The molecule has 1 N–H and O–H groups in total. The second-order valence-electron chi connectivity index (χ2n) is 3.79. The zero-order chi connectivity index (χ0) is 15.7. The summed E-state index contributed by atoms with van der Waals surface area (Å²) in [6, 6.07) is 9.26. The number of hydrogen-bond acceptors (Lipinski definition) is 6. The van der Waals surface area contributed by atoms with E-state index in [1.54, 1.807) is 20.8 Å². The molecule has 0 saturated heterocycles. The number of aliphatic hydroxyl groups is 1. The van der Waals surface area contributed by atoms with E-state index in [1.807, 2.05) is 30.3 Å². The average molecular weight is 332 g/mol. The largest absolute Gasteiger partial charge is 0.480 e. The van der Waals surface area contributed by atoms with Gasteiger partial charge >= 0.3 is 7.60 Å². The molecule has 0 bridgehead atoms. The van der Waals surface area contributed by atoms with E-state index in [2.05, 4.69) is 0 Å². The van der Waals surface area contributed by atoms with Gasteiger partial charge in [0.25, 0.3) is 5.95 Å². The summed E-state index contributed by atoms with van der Waals surface area (Å²) in [4.78, 5) is 0.804. The van der Waals surface area contributed by atoms with Crippen molar-refractivity contribution in [2.24, 2.45) is 0 Å². The maximum Gasteiger partial charge on any atom is 0.375 e. The molecule has 0 spiro atoms. The minimum absolute atomic E-state index is 0.0688. The molecule has 21 heavy (non-hydrogen) atoms. The maximum atomic E-state index is 12.9. The first-order valence-electron chi connectivity index (χ1n) is 6.76. The van der Waals surface area contributed by atoms with Crippen molar-refractivity contribution in [3.05, 3.63) is 40.9 Å². The third kappa shape index (κ3) is 5.40. The van der Waals surface area contributed by atoms with Crippen LogP contribution in [0, 0.1) is 0 Å². The Hall–Kier alpha value is -0.940. The molecule has 1 rings (SSSR count). The number of rotatable bonds is 9. The van der Waals surface area contributed by atoms with Crippen molar-refractivity contribution in [1.29, 1.82) is 0 Å². The number of hydrogen-bond donors (Lipinski definition) is 1. The van der Waals surface area contributed by atoms with E-state index in [9.17, 15) is 9.67 Å². The zero-order valence-electron chi connectivity index (χ0n) is 12.4. The Morgan fingerprint density at radius 1 is 1.10 bits per heavy atom. The lowest BCUT2D eigenvalue weighted by Gasteiger charge is -2.20. The van der Waals surface area contributed by atoms with Crippen LogP contribution in [0.2, 0.25) is 0 Å². The van der Waals surface area contributed by atoms with Crippen LogP contribution in [0.15, 0.2) is 45.8 Å². The number of aliphatic hydroxyl groups excluding tert-OH is 1. The van der Waals surface area contributed by atoms with Gasteiger partial charge in [-0.15, -0.1) is 0 Å². The molecule has 0 atom stereocenters. The summed E-state index contributed by atoms with van der Waals surface area (Å²) in [7, 11) is -3.61. The van der Waals surface area contributed by atoms with Crippen LogP contribution in [0.1, 0.15) is 20.8 Å². The molecule has 1 aromatic carbocycles. The SMILES string of the molecule is CCO/C(O)=C(\Sc1ccccc1)P(=O)(OCC)OCC. The fourth-order valence-corrected chi connectivity index (χ4v) is 4.54. The molecule has 0 aliphatic heterocycles. The summed E-state index contributed by atoms with van der Waals surface area (Å²) in [5, 5.41) is 10.1. The lowest BCUT2D eigenvalue weighted by atomic mass is 10.4. The fourth-order valence-electron chi connectivity index (χ4n) is 1.51. The van der Waals surface area contributed by atoms with E-state index < -0.39 is 13.5 Å². The van der Waals surface area contributed by atoms with Crippen LogP contribution in [-0.4, -0.2) is 24.9 Å². The number of thioether (sulfide) groups is 1. The molecule has 0 saturated carbocycles. The van der Waals surface area contributed by atoms with E-state index in [4.69, 9.17) is 13.8 Å². The summed E-state index contributed by atoms with van der Waals surface area (Å²) in [5.74, 6) is -0.420. The molecule has 118 valence electrons. The molecule has 0 heterocycles. The van der Waals surface area contributed by atoms with Crippen molar-refractivity contribution in [2.75, 3.05) is 19.8 Å². The second kappa shape index (κ2) is 9.15. The Balaban J connectivity index is 3.18. The van der Waals surface area contributed by atoms with Crippen molar-refractivity contribution in [3.63, 3.8) is 0 Å². The Kier molecular flexibility index (Phi) is 7.89. The van der Waals surface area contributed by atoms with Gasteiger partial charge in [0.15, 0.2) is 4.65 Å². The Bertz CT molecular complexity index is 493. The summed E-state index contributed by atoms with van der Waals surface area (Å²) >= 11 is 1.12. The van der Waals surface area contributed by atoms with Gasteiger partial charge < -0.3 is 18.9 Å². The van der Waals surface area contributed by atoms with Crippen LogP contribution in [0.4, 0.5) is 0 Å². The average Bonchev–Trinajstić information content (AvgIpc) is 2.46. The van der Waals surface area contributed by atoms with E-state index in [-0.39, 0.29) is 24.5 Å². The van der Waals surface area contributed by atoms with E-state index in [0.29, 0.717) is 0 Å². The highest BCUT2D eigenvalue weighted by atomic mass is 32.2. The van der Waals surface area contributed by atoms with Crippen LogP contribution in [0.3, 0.4) is 0 Å². The van der Waals surface area contributed by atoms with Gasteiger partial charge in [-0.05, 0) is 32.9 Å². The summed E-state index contributed by atoms with van der Waals surface area (Å²) in [6.07, 6.45) is 0. The third-order valence-corrected chi connectivity index (χ3v) is 5.97. The van der Waals surface area contributed by atoms with Gasteiger partial charge in [-0.25, -0.2) is 0 Å². The van der Waals surface area contributed by atoms with Crippen molar-refractivity contribution >= 4 is 19.4 Å². The molecule has 5 nitrogen and oxygen atoms in total. The van der Waals surface area contributed by atoms with Crippen molar-refractivity contribution in [2.45, 2.75) is 25.7 Å². The maximum absolute atomic E-state index is 12.9. The predicted octanol–water partition coefficient (Wildman–Crippen LogP) is 4.77. The molecular formula is C14H21O5PS. The van der Waals surface area contributed by atoms with Crippen LogP contribution in [0.5, 0.6) is 0 Å². The molecule has 0 aliphatic carbocycles. The van der Waals surface area contributed by atoms with Gasteiger partial charge in [0, 0.05) is 4.90 Å². The standard InChI is InChI=1S/C14H21O5PS/c1-4-17-13(15)14(20(16,18-5-2)19-6-3)21-12-10-8-7-9-11-12/h7-11,15H,4-6H2,1-3H3/b14-13-. The normalized spacial score (nSPS) is 12.9. The minimum Gasteiger partial charge on any atom is -0.480 e. The van der Waals surface area contributed by atoms with Gasteiger partial charge in [0.2, 0.25) is 0 Å². The monoisotopic (exact) mass is 332 g/mol. The highest BCUT2D eigenvalue weighted by molar-refractivity contribution is 8.10. The Labute approximate surface area is 129 Å². The fraction of sp³-hybridized carbons (Fsp3) is 0.429. The molecule has 7 heteroatoms. The van der Waals surface area contributed by atoms with Gasteiger partial charge in [-0.3, -0.25) is 4.57 Å². The van der Waals surface area contributed by atoms with Crippen molar-refractivity contribution < 1.29 is 23.5 Å². The Morgan fingerprint density at radius 2 is 1.67 bits per heavy atom. The smallest absolute Gasteiger partial charge is 0.375 e. The minimum atomic E-state index is -3.61. The lowest BCUT2D eigenvalue weighted by molar-refractivity contribution is 0.101. The highest BCUT2D eigenvalue weighted by Crippen LogP contribution is 2.62. The summed E-state index contributed by atoms with van der Waals surface area (Å²) < 4.78 is 28.6. The van der Waals surface area contributed by atoms with E-state index in [0.717, 1.165) is 16.7 Å². The van der Waals surface area contributed by atoms with Gasteiger partial charge in [-0.1, -0.05) is 30.0 Å². The molecular weight excluding hydrogens is 311 g/mol. The molecule has 0 radical (unpaired) electrons. The first-order chi connectivity index (χ1) is 10.1. The van der Waals surface area contributed by atoms with Crippen LogP contribution >= 0.6 is 19.4 Å². The lowest BCUT2D eigenvalue weighted by Crippen LogP contribution is -2.02. The van der Waals surface area contributed by atoms with Gasteiger partial charge in [-0.2, -0.15) is 0 Å². The predicted molar refractivity (Wildman–Crippen MR) is 84.4 cm³/mol. The highest BCUT2D eigenvalue weighted by Gasteiger charge is 2.35. The quantitative estimate of drug-likeness (QED) is 0.399. The van der Waals surface area contributed by atoms with E-state index in [1.165, 1.54) is 0 Å². The summed E-state index contributed by atoms with van der Waals surface area (Å²) in [6.45, 7) is 5.82. The van der Waals surface area contributed by atoms with Crippen molar-refractivity contribution in [3.8, 4) is 0 Å². The molecule has 0 fully saturated rings. The summed E-state index contributed by atoms with van der Waals surface area (Å²) in [5.41, 5.74) is 0. The molecule has 0 unspecified atom stereocenters. The molecule has 0 amide bonds. The topological polar surface area (TPSA) is 65.0 Å². The molecule has 1 aromatic rings. The van der Waals surface area contributed by atoms with Crippen LogP contribution in [0.25, 0.3) is 0 Å². The van der Waals surface area contributed by atoms with Gasteiger partial charge in [0.05, 0.1) is 19.8 Å². The first kappa shape index (κ1) is 18.1. The van der Waals surface area contributed by atoms with Crippen molar-refractivity contribution in [1.82, 2.24) is 0 Å². The second-order valence-corrected chi connectivity index (χ2v) is 7.14. The first-order valence-corrected chi connectivity index (χ1v) is 9.11. The molecule has 0 aromatic heterocycles. The van der Waals surface area contributed by atoms with Crippen LogP contribution < -0.4 is 0 Å². The van der Waals surface area contributed by atoms with Crippen LogP contribution in [-0.2, 0) is 18.3 Å². The molecule has 0 aliphatic rings.